The second-order valence-electron chi connectivity index (χ2n) is 10.4. The van der Waals surface area contributed by atoms with E-state index < -0.39 is 0 Å². The number of hydrogen-bond donors (Lipinski definition) is 0. The molecule has 3 nitrogen and oxygen atoms in total. The molecule has 0 amide bonds. The molecule has 5 aliphatic rings. The minimum absolute atomic E-state index is 0.124. The summed E-state index contributed by atoms with van der Waals surface area (Å²) in [5, 5.41) is 0. The van der Waals surface area contributed by atoms with E-state index in [4.69, 9.17) is 9.47 Å². The van der Waals surface area contributed by atoms with Crippen LogP contribution in [-0.2, 0) is 9.47 Å². The standard InChI is InChI=1S/C19H24O2.C6H12O/c1-13-3-5-16(6-4-13)17(20)21-19-10-14-7-15(11-19)9-18(2,8-14)12-19;1-6-4-2-3-5-7-6/h3-6,14-15H,7-12H2,1-2H3;6H,2-5H2,1H3. The molecule has 4 aliphatic carbocycles. The first-order valence-corrected chi connectivity index (χ1v) is 11.3. The highest BCUT2D eigenvalue weighted by Crippen LogP contribution is 2.62. The Bertz CT molecular complexity index is 672. The van der Waals surface area contributed by atoms with Crippen LogP contribution in [0.4, 0.5) is 0 Å². The fourth-order valence-electron chi connectivity index (χ4n) is 6.59. The zero-order valence-corrected chi connectivity index (χ0v) is 17.8. The maximum Gasteiger partial charge on any atom is 0.338 e. The molecule has 4 bridgehead atoms. The number of esters is 1. The molecule has 4 saturated carbocycles. The Kier molecular flexibility index (Phi) is 5.57. The largest absolute Gasteiger partial charge is 0.455 e. The molecule has 3 heteroatoms. The van der Waals surface area contributed by atoms with Crippen molar-refractivity contribution in [2.75, 3.05) is 6.61 Å². The average molecular weight is 385 g/mol. The number of benzene rings is 1. The molecule has 28 heavy (non-hydrogen) atoms. The lowest BCUT2D eigenvalue weighted by molar-refractivity contribution is -0.161. The quantitative estimate of drug-likeness (QED) is 0.579. The lowest BCUT2D eigenvalue weighted by Crippen LogP contribution is -2.56. The molecule has 0 N–H and O–H groups in total. The van der Waals surface area contributed by atoms with Gasteiger partial charge in [-0.25, -0.2) is 4.79 Å². The van der Waals surface area contributed by atoms with Crippen molar-refractivity contribution >= 4 is 5.97 Å². The summed E-state index contributed by atoms with van der Waals surface area (Å²) in [6.07, 6.45) is 11.7. The van der Waals surface area contributed by atoms with Crippen LogP contribution in [0, 0.1) is 24.2 Å². The number of ether oxygens (including phenoxy) is 2. The molecule has 1 aromatic rings. The van der Waals surface area contributed by atoms with Crippen molar-refractivity contribution in [3.8, 4) is 0 Å². The SMILES string of the molecule is CC1CCCCO1.Cc1ccc(C(=O)OC23CC4CC(CC(C)(C4)C2)C3)cc1. The molecule has 1 heterocycles. The van der Waals surface area contributed by atoms with Gasteiger partial charge in [0, 0.05) is 6.61 Å². The van der Waals surface area contributed by atoms with Gasteiger partial charge in [0.25, 0.3) is 0 Å². The molecule has 0 radical (unpaired) electrons. The summed E-state index contributed by atoms with van der Waals surface area (Å²) in [4.78, 5) is 12.5. The van der Waals surface area contributed by atoms with E-state index in [0.29, 0.717) is 17.1 Å². The monoisotopic (exact) mass is 384 g/mol. The Morgan fingerprint density at radius 3 is 2.25 bits per heavy atom. The maximum absolute atomic E-state index is 12.5. The summed E-state index contributed by atoms with van der Waals surface area (Å²) in [6.45, 7) is 7.56. The lowest BCUT2D eigenvalue weighted by Gasteiger charge is -2.60. The third-order valence-corrected chi connectivity index (χ3v) is 7.30. The fraction of sp³-hybridized carbons (Fsp3) is 0.720. The second-order valence-corrected chi connectivity index (χ2v) is 10.4. The summed E-state index contributed by atoms with van der Waals surface area (Å²) in [7, 11) is 0. The van der Waals surface area contributed by atoms with Crippen LogP contribution in [0.25, 0.3) is 0 Å². The Balaban J connectivity index is 0.000000233. The highest BCUT2D eigenvalue weighted by molar-refractivity contribution is 5.89. The van der Waals surface area contributed by atoms with Crippen LogP contribution in [0.5, 0.6) is 0 Å². The highest BCUT2D eigenvalue weighted by Gasteiger charge is 2.57. The van der Waals surface area contributed by atoms with Crippen molar-refractivity contribution < 1.29 is 14.3 Å². The van der Waals surface area contributed by atoms with E-state index in [1.165, 1.54) is 44.1 Å². The van der Waals surface area contributed by atoms with Gasteiger partial charge in [-0.1, -0.05) is 24.6 Å². The molecule has 154 valence electrons. The van der Waals surface area contributed by atoms with Crippen LogP contribution >= 0.6 is 0 Å². The highest BCUT2D eigenvalue weighted by atomic mass is 16.6. The van der Waals surface area contributed by atoms with E-state index >= 15 is 0 Å². The fourth-order valence-corrected chi connectivity index (χ4v) is 6.59. The van der Waals surface area contributed by atoms with Crippen molar-refractivity contribution in [3.05, 3.63) is 35.4 Å². The van der Waals surface area contributed by atoms with Crippen molar-refractivity contribution in [1.29, 1.82) is 0 Å². The van der Waals surface area contributed by atoms with Gasteiger partial charge in [-0.05, 0) is 101 Å². The number of carbonyl (C=O) groups is 1. The van der Waals surface area contributed by atoms with Crippen LogP contribution in [0.15, 0.2) is 24.3 Å². The van der Waals surface area contributed by atoms with Crippen molar-refractivity contribution in [3.63, 3.8) is 0 Å². The van der Waals surface area contributed by atoms with Crippen molar-refractivity contribution in [1.82, 2.24) is 0 Å². The molecule has 1 aliphatic heterocycles. The number of rotatable bonds is 2. The maximum atomic E-state index is 12.5. The van der Waals surface area contributed by atoms with Gasteiger partial charge in [0.15, 0.2) is 0 Å². The van der Waals surface area contributed by atoms with E-state index in [1.807, 2.05) is 31.2 Å². The smallest absolute Gasteiger partial charge is 0.338 e. The predicted molar refractivity (Wildman–Crippen MR) is 111 cm³/mol. The van der Waals surface area contributed by atoms with Gasteiger partial charge in [0.2, 0.25) is 0 Å². The van der Waals surface area contributed by atoms with Gasteiger partial charge in [0.05, 0.1) is 11.7 Å². The second kappa shape index (κ2) is 7.82. The van der Waals surface area contributed by atoms with Crippen LogP contribution in [0.2, 0.25) is 0 Å². The van der Waals surface area contributed by atoms with Crippen LogP contribution < -0.4 is 0 Å². The predicted octanol–water partition coefficient (Wildman–Crippen LogP) is 6.09. The molecule has 5 fully saturated rings. The molecular formula is C25H36O3. The first kappa shape index (κ1) is 19.9. The summed E-state index contributed by atoms with van der Waals surface area (Å²) < 4.78 is 11.4. The minimum atomic E-state index is -0.166. The zero-order chi connectivity index (χ0) is 19.8. The van der Waals surface area contributed by atoms with Crippen molar-refractivity contribution in [2.24, 2.45) is 17.3 Å². The summed E-state index contributed by atoms with van der Waals surface area (Å²) in [5.74, 6) is 1.43. The van der Waals surface area contributed by atoms with E-state index in [9.17, 15) is 4.79 Å². The minimum Gasteiger partial charge on any atom is -0.455 e. The van der Waals surface area contributed by atoms with Crippen LogP contribution in [-0.4, -0.2) is 24.3 Å². The molecule has 3 unspecified atom stereocenters. The Morgan fingerprint density at radius 2 is 1.75 bits per heavy atom. The summed E-state index contributed by atoms with van der Waals surface area (Å²) in [5.41, 5.74) is 2.12. The van der Waals surface area contributed by atoms with E-state index in [0.717, 1.165) is 37.7 Å². The van der Waals surface area contributed by atoms with Gasteiger partial charge in [0.1, 0.15) is 5.60 Å². The summed E-state index contributed by atoms with van der Waals surface area (Å²) in [6, 6.07) is 7.74. The third kappa shape index (κ3) is 4.45. The molecule has 1 aromatic carbocycles. The van der Waals surface area contributed by atoms with Crippen LogP contribution in [0.1, 0.15) is 87.6 Å². The molecular weight excluding hydrogens is 348 g/mol. The van der Waals surface area contributed by atoms with Crippen LogP contribution in [0.3, 0.4) is 0 Å². The van der Waals surface area contributed by atoms with Gasteiger partial charge >= 0.3 is 5.97 Å². The Hall–Kier alpha value is -1.35. The molecule has 1 saturated heterocycles. The molecule has 0 spiro atoms. The Morgan fingerprint density at radius 1 is 1.07 bits per heavy atom. The topological polar surface area (TPSA) is 35.5 Å². The van der Waals surface area contributed by atoms with E-state index in [1.54, 1.807) is 0 Å². The van der Waals surface area contributed by atoms with Gasteiger partial charge in [-0.15, -0.1) is 0 Å². The average Bonchev–Trinajstić information content (AvgIpc) is 2.61. The van der Waals surface area contributed by atoms with Crippen molar-refractivity contribution in [2.45, 2.75) is 90.3 Å². The third-order valence-electron chi connectivity index (χ3n) is 7.30. The molecule has 6 rings (SSSR count). The number of carbonyl (C=O) groups excluding carboxylic acids is 1. The zero-order valence-electron chi connectivity index (χ0n) is 17.8. The van der Waals surface area contributed by atoms with Gasteiger partial charge in [-0.3, -0.25) is 0 Å². The number of hydrogen-bond acceptors (Lipinski definition) is 3. The van der Waals surface area contributed by atoms with E-state index in [-0.39, 0.29) is 11.6 Å². The molecule has 3 atom stereocenters. The lowest BCUT2D eigenvalue weighted by atomic mass is 9.48. The summed E-state index contributed by atoms with van der Waals surface area (Å²) >= 11 is 0. The number of aryl methyl sites for hydroxylation is 1. The molecule has 0 aromatic heterocycles. The van der Waals surface area contributed by atoms with Gasteiger partial charge < -0.3 is 9.47 Å². The Labute approximate surface area is 170 Å². The normalized spacial score (nSPS) is 38.5. The van der Waals surface area contributed by atoms with Gasteiger partial charge in [-0.2, -0.15) is 0 Å². The van der Waals surface area contributed by atoms with E-state index in [2.05, 4.69) is 13.8 Å². The first-order valence-electron chi connectivity index (χ1n) is 11.3. The first-order chi connectivity index (χ1) is 13.3.